The van der Waals surface area contributed by atoms with Crippen molar-refractivity contribution < 1.29 is 18.0 Å². The molecular weight excluding hydrogens is 463 g/mol. The third-order valence-corrected chi connectivity index (χ3v) is 7.40. The Hall–Kier alpha value is -3.01. The number of nitrogens with one attached hydrogen (secondary N) is 1. The number of thiazole rings is 1. The Bertz CT molecular complexity index is 1210. The van der Waals surface area contributed by atoms with Gasteiger partial charge in [-0.2, -0.15) is 13.2 Å². The number of carbonyl (C=O) groups excluding carboxylic acids is 1. The molecule has 2 aromatic heterocycles. The summed E-state index contributed by atoms with van der Waals surface area (Å²) in [6, 6.07) is 8.57. The van der Waals surface area contributed by atoms with Gasteiger partial charge >= 0.3 is 6.18 Å². The average molecular weight is 488 g/mol. The summed E-state index contributed by atoms with van der Waals surface area (Å²) in [4.78, 5) is 28.5. The molecular formula is C24H24F3N5OS. The van der Waals surface area contributed by atoms with E-state index in [0.717, 1.165) is 52.5 Å². The van der Waals surface area contributed by atoms with E-state index in [2.05, 4.69) is 15.3 Å². The number of amides is 1. The number of carbonyl (C=O) groups is 1. The number of benzene rings is 1. The Labute approximate surface area is 199 Å². The van der Waals surface area contributed by atoms with E-state index in [0.29, 0.717) is 31.1 Å². The fraction of sp³-hybridized carbons (Fsp3) is 0.417. The van der Waals surface area contributed by atoms with Gasteiger partial charge in [-0.1, -0.05) is 24.3 Å². The first kappa shape index (κ1) is 22.8. The minimum absolute atomic E-state index is 0.0839. The highest BCUT2D eigenvalue weighted by atomic mass is 32.1. The SMILES string of the molecule is Cc1ccccc1-c1sc(C2CC2)nc1C(=O)N1CCC[C@@H](Nc2nccc(C(F)(F)F)n2)C1. The molecule has 1 aromatic carbocycles. The lowest BCUT2D eigenvalue weighted by atomic mass is 10.0. The average Bonchev–Trinajstić information content (AvgIpc) is 3.58. The first-order chi connectivity index (χ1) is 16.3. The molecule has 1 atom stereocenters. The van der Waals surface area contributed by atoms with Crippen molar-refractivity contribution in [2.24, 2.45) is 0 Å². The van der Waals surface area contributed by atoms with Crippen LogP contribution in [0.5, 0.6) is 0 Å². The van der Waals surface area contributed by atoms with Crippen molar-refractivity contribution in [1.82, 2.24) is 19.9 Å². The largest absolute Gasteiger partial charge is 0.433 e. The molecule has 3 aromatic rings. The third-order valence-electron chi connectivity index (χ3n) is 6.15. The minimum atomic E-state index is -4.54. The number of aryl methyl sites for hydroxylation is 1. The lowest BCUT2D eigenvalue weighted by Crippen LogP contribution is -2.45. The molecule has 5 rings (SSSR count). The van der Waals surface area contributed by atoms with Crippen molar-refractivity contribution in [3.63, 3.8) is 0 Å². The van der Waals surface area contributed by atoms with Gasteiger partial charge in [-0.25, -0.2) is 15.0 Å². The van der Waals surface area contributed by atoms with Crippen LogP contribution in [0.2, 0.25) is 0 Å². The molecule has 1 aliphatic heterocycles. The molecule has 1 aliphatic carbocycles. The molecule has 1 N–H and O–H groups in total. The predicted octanol–water partition coefficient (Wildman–Crippen LogP) is 5.52. The van der Waals surface area contributed by atoms with Gasteiger partial charge in [0.15, 0.2) is 0 Å². The molecule has 3 heterocycles. The summed E-state index contributed by atoms with van der Waals surface area (Å²) in [6.07, 6.45) is 0.180. The molecule has 10 heteroatoms. The van der Waals surface area contributed by atoms with Crippen molar-refractivity contribution in [2.45, 2.75) is 50.7 Å². The van der Waals surface area contributed by atoms with Crippen LogP contribution in [0, 0.1) is 6.92 Å². The number of hydrogen-bond donors (Lipinski definition) is 1. The summed E-state index contributed by atoms with van der Waals surface area (Å²) in [6.45, 7) is 2.95. The first-order valence-corrected chi connectivity index (χ1v) is 12.1. The molecule has 1 saturated heterocycles. The molecule has 2 fully saturated rings. The van der Waals surface area contributed by atoms with Crippen LogP contribution in [-0.2, 0) is 6.18 Å². The number of nitrogens with zero attached hydrogens (tertiary/aromatic N) is 4. The van der Waals surface area contributed by atoms with Gasteiger partial charge in [0.25, 0.3) is 5.91 Å². The summed E-state index contributed by atoms with van der Waals surface area (Å²) in [5, 5.41) is 3.99. The zero-order valence-corrected chi connectivity index (χ0v) is 19.4. The van der Waals surface area contributed by atoms with Crippen molar-refractivity contribution in [1.29, 1.82) is 0 Å². The van der Waals surface area contributed by atoms with Gasteiger partial charge in [-0.3, -0.25) is 4.79 Å². The Morgan fingerprint density at radius 1 is 1.15 bits per heavy atom. The highest BCUT2D eigenvalue weighted by Gasteiger charge is 2.35. The summed E-state index contributed by atoms with van der Waals surface area (Å²) >= 11 is 1.60. The van der Waals surface area contributed by atoms with Crippen LogP contribution in [-0.4, -0.2) is 44.9 Å². The van der Waals surface area contributed by atoms with E-state index < -0.39 is 11.9 Å². The Morgan fingerprint density at radius 3 is 2.68 bits per heavy atom. The number of rotatable bonds is 5. The molecule has 6 nitrogen and oxygen atoms in total. The van der Waals surface area contributed by atoms with Crippen LogP contribution in [0.3, 0.4) is 0 Å². The van der Waals surface area contributed by atoms with Crippen LogP contribution in [0.4, 0.5) is 19.1 Å². The van der Waals surface area contributed by atoms with E-state index in [4.69, 9.17) is 4.98 Å². The maximum Gasteiger partial charge on any atom is 0.433 e. The van der Waals surface area contributed by atoms with Gasteiger partial charge in [0.2, 0.25) is 5.95 Å². The highest BCUT2D eigenvalue weighted by molar-refractivity contribution is 7.15. The topological polar surface area (TPSA) is 71.0 Å². The van der Waals surface area contributed by atoms with E-state index in [1.54, 1.807) is 16.2 Å². The Kier molecular flexibility index (Phi) is 6.01. The maximum atomic E-state index is 13.6. The predicted molar refractivity (Wildman–Crippen MR) is 124 cm³/mol. The van der Waals surface area contributed by atoms with Crippen LogP contribution >= 0.6 is 11.3 Å². The van der Waals surface area contributed by atoms with Crippen molar-refractivity contribution in [2.75, 3.05) is 18.4 Å². The van der Waals surface area contributed by atoms with E-state index in [1.807, 2.05) is 31.2 Å². The Morgan fingerprint density at radius 2 is 1.94 bits per heavy atom. The second kappa shape index (κ2) is 8.98. The van der Waals surface area contributed by atoms with Gasteiger partial charge in [-0.15, -0.1) is 11.3 Å². The number of aromatic nitrogens is 3. The molecule has 178 valence electrons. The zero-order chi connectivity index (χ0) is 23.9. The van der Waals surface area contributed by atoms with E-state index in [1.165, 1.54) is 0 Å². The lowest BCUT2D eigenvalue weighted by molar-refractivity contribution is -0.141. The maximum absolute atomic E-state index is 13.6. The van der Waals surface area contributed by atoms with Crippen molar-refractivity contribution in [3.8, 4) is 10.4 Å². The van der Waals surface area contributed by atoms with Gasteiger partial charge < -0.3 is 10.2 Å². The molecule has 34 heavy (non-hydrogen) atoms. The zero-order valence-electron chi connectivity index (χ0n) is 18.6. The molecule has 0 radical (unpaired) electrons. The number of alkyl halides is 3. The van der Waals surface area contributed by atoms with Crippen LogP contribution in [0.25, 0.3) is 10.4 Å². The van der Waals surface area contributed by atoms with E-state index in [9.17, 15) is 18.0 Å². The second-order valence-electron chi connectivity index (χ2n) is 8.82. The molecule has 1 saturated carbocycles. The second-order valence-corrected chi connectivity index (χ2v) is 9.85. The number of hydrogen-bond acceptors (Lipinski definition) is 6. The number of halogens is 3. The fourth-order valence-corrected chi connectivity index (χ4v) is 5.51. The smallest absolute Gasteiger partial charge is 0.350 e. The first-order valence-electron chi connectivity index (χ1n) is 11.3. The van der Waals surface area contributed by atoms with Crippen LogP contribution in [0.1, 0.15) is 58.4 Å². The minimum Gasteiger partial charge on any atom is -0.350 e. The highest BCUT2D eigenvalue weighted by Crippen LogP contribution is 2.45. The summed E-state index contributed by atoms with van der Waals surface area (Å²) in [7, 11) is 0. The van der Waals surface area contributed by atoms with Crippen LogP contribution < -0.4 is 5.32 Å². The molecule has 1 amide bonds. The molecule has 0 bridgehead atoms. The lowest BCUT2D eigenvalue weighted by Gasteiger charge is -2.33. The summed E-state index contributed by atoms with van der Waals surface area (Å²) < 4.78 is 39.0. The quantitative estimate of drug-likeness (QED) is 0.513. The summed E-state index contributed by atoms with van der Waals surface area (Å²) in [5.41, 5.74) is 1.57. The standard InChI is InChI=1S/C24H24F3N5OS/c1-14-5-2-3-7-17(14)20-19(31-21(34-20)15-8-9-15)22(33)32-12-4-6-16(13-32)29-23-28-11-10-18(30-23)24(25,26)27/h2-3,5,7,10-11,15-16H,4,6,8-9,12-13H2,1H3,(H,28,29,30)/t16-/m1/s1. The van der Waals surface area contributed by atoms with E-state index >= 15 is 0 Å². The normalized spacial score (nSPS) is 18.7. The molecule has 0 spiro atoms. The summed E-state index contributed by atoms with van der Waals surface area (Å²) in [5.74, 6) is 0.209. The van der Waals surface area contributed by atoms with Crippen molar-refractivity contribution >= 4 is 23.2 Å². The van der Waals surface area contributed by atoms with E-state index in [-0.39, 0.29) is 17.9 Å². The van der Waals surface area contributed by atoms with Gasteiger partial charge in [0.05, 0.1) is 9.88 Å². The number of piperidine rings is 1. The molecule has 0 unspecified atom stereocenters. The van der Waals surface area contributed by atoms with Gasteiger partial charge in [-0.05, 0) is 49.8 Å². The van der Waals surface area contributed by atoms with Gasteiger partial charge in [0, 0.05) is 31.2 Å². The number of likely N-dealkylation sites (tertiary alicyclic amines) is 1. The van der Waals surface area contributed by atoms with Gasteiger partial charge in [0.1, 0.15) is 11.4 Å². The number of anilines is 1. The van der Waals surface area contributed by atoms with Crippen molar-refractivity contribution in [3.05, 3.63) is 58.5 Å². The molecule has 2 aliphatic rings. The monoisotopic (exact) mass is 487 g/mol. The van der Waals surface area contributed by atoms with Crippen LogP contribution in [0.15, 0.2) is 36.5 Å². The Balaban J connectivity index is 1.37. The fourth-order valence-electron chi connectivity index (χ4n) is 4.19. The third kappa shape index (κ3) is 4.77.